The molecule has 0 unspecified atom stereocenters. The molecule has 0 saturated heterocycles. The molecule has 0 aliphatic carbocycles. The summed E-state index contributed by atoms with van der Waals surface area (Å²) >= 11 is 6.03. The molecule has 0 saturated carbocycles. The van der Waals surface area contributed by atoms with Crippen molar-refractivity contribution < 1.29 is 9.90 Å². The van der Waals surface area contributed by atoms with Gasteiger partial charge >= 0.3 is 5.97 Å². The summed E-state index contributed by atoms with van der Waals surface area (Å²) in [6, 6.07) is 9.74. The van der Waals surface area contributed by atoms with Crippen molar-refractivity contribution in [1.29, 1.82) is 0 Å². The van der Waals surface area contributed by atoms with Gasteiger partial charge in [0.05, 0.1) is 21.5 Å². The fourth-order valence-corrected chi connectivity index (χ4v) is 2.41. The minimum Gasteiger partial charge on any atom is -0.478 e. The van der Waals surface area contributed by atoms with Gasteiger partial charge in [-0.3, -0.25) is 4.79 Å². The molecule has 2 N–H and O–H groups in total. The minimum absolute atomic E-state index is 0.0299. The number of nitrogens with one attached hydrogen (secondary N) is 1. The first kappa shape index (κ1) is 11.7. The molecule has 0 aliphatic heterocycles. The third kappa shape index (κ3) is 1.69. The average molecular weight is 274 g/mol. The molecule has 0 spiro atoms. The highest BCUT2D eigenvalue weighted by Crippen LogP contribution is 2.24. The van der Waals surface area contributed by atoms with Gasteiger partial charge in [0.1, 0.15) is 0 Å². The molecule has 0 atom stereocenters. The van der Waals surface area contributed by atoms with E-state index in [9.17, 15) is 14.7 Å². The van der Waals surface area contributed by atoms with Gasteiger partial charge < -0.3 is 10.1 Å². The second-order valence-corrected chi connectivity index (χ2v) is 4.56. The Balaban J connectivity index is 2.64. The van der Waals surface area contributed by atoms with Crippen molar-refractivity contribution in [1.82, 2.24) is 4.98 Å². The molecule has 0 radical (unpaired) electrons. The van der Waals surface area contributed by atoms with Gasteiger partial charge in [-0.25, -0.2) is 4.79 Å². The van der Waals surface area contributed by atoms with Crippen LogP contribution >= 0.6 is 11.6 Å². The number of hydrogen-bond donors (Lipinski definition) is 2. The first-order chi connectivity index (χ1) is 9.09. The SMILES string of the molecule is O=C(O)c1ccc(Cl)c2c(=O)c3ccccc3[nH]c12. The maximum absolute atomic E-state index is 12.4. The van der Waals surface area contributed by atoms with Crippen LogP contribution in [0.5, 0.6) is 0 Å². The fraction of sp³-hybridized carbons (Fsp3) is 0. The van der Waals surface area contributed by atoms with E-state index in [1.54, 1.807) is 24.3 Å². The molecule has 5 heteroatoms. The number of fused-ring (bicyclic) bond motifs is 2. The van der Waals surface area contributed by atoms with Crippen LogP contribution < -0.4 is 5.43 Å². The molecule has 3 rings (SSSR count). The van der Waals surface area contributed by atoms with Crippen molar-refractivity contribution in [3.05, 3.63) is 57.2 Å². The van der Waals surface area contributed by atoms with Gasteiger partial charge in [0, 0.05) is 10.9 Å². The summed E-state index contributed by atoms with van der Waals surface area (Å²) in [7, 11) is 0. The monoisotopic (exact) mass is 273 g/mol. The molecular weight excluding hydrogens is 266 g/mol. The zero-order chi connectivity index (χ0) is 13.6. The minimum atomic E-state index is -1.10. The highest BCUT2D eigenvalue weighted by Gasteiger charge is 2.15. The number of H-pyrrole nitrogens is 1. The molecular formula is C14H8ClNO3. The summed E-state index contributed by atoms with van der Waals surface area (Å²) in [5.41, 5.74) is 0.605. The van der Waals surface area contributed by atoms with E-state index in [0.717, 1.165) is 0 Å². The molecule has 1 heterocycles. The molecule has 2 aromatic carbocycles. The maximum atomic E-state index is 12.4. The quantitative estimate of drug-likeness (QED) is 0.670. The van der Waals surface area contributed by atoms with E-state index < -0.39 is 5.97 Å². The number of benzene rings is 2. The van der Waals surface area contributed by atoms with Crippen molar-refractivity contribution in [3.8, 4) is 0 Å². The first-order valence-electron chi connectivity index (χ1n) is 5.56. The van der Waals surface area contributed by atoms with Crippen molar-refractivity contribution in [2.75, 3.05) is 0 Å². The van der Waals surface area contributed by atoms with Crippen molar-refractivity contribution >= 4 is 39.4 Å². The van der Waals surface area contributed by atoms with Crippen LogP contribution in [0.4, 0.5) is 0 Å². The van der Waals surface area contributed by atoms with Crippen LogP contribution in [-0.2, 0) is 0 Å². The van der Waals surface area contributed by atoms with E-state index in [2.05, 4.69) is 4.98 Å². The normalized spacial score (nSPS) is 11.0. The Hall–Kier alpha value is -2.33. The number of hydrogen-bond acceptors (Lipinski definition) is 2. The topological polar surface area (TPSA) is 70.2 Å². The number of carboxylic acid groups (broad SMARTS) is 1. The summed E-state index contributed by atoms with van der Waals surface area (Å²) in [6.45, 7) is 0. The van der Waals surface area contributed by atoms with Gasteiger partial charge in [-0.15, -0.1) is 0 Å². The second-order valence-electron chi connectivity index (χ2n) is 4.15. The Labute approximate surface area is 112 Å². The molecule has 4 nitrogen and oxygen atoms in total. The van der Waals surface area contributed by atoms with Gasteiger partial charge in [-0.2, -0.15) is 0 Å². The lowest BCUT2D eigenvalue weighted by Crippen LogP contribution is -2.08. The van der Waals surface area contributed by atoms with E-state index in [-0.39, 0.29) is 26.9 Å². The number of pyridine rings is 1. The highest BCUT2D eigenvalue weighted by molar-refractivity contribution is 6.36. The lowest BCUT2D eigenvalue weighted by molar-refractivity contribution is 0.0699. The number of aromatic nitrogens is 1. The molecule has 0 bridgehead atoms. The average Bonchev–Trinajstić information content (AvgIpc) is 2.38. The molecule has 0 aliphatic rings. The standard InChI is InChI=1S/C14H8ClNO3/c15-9-6-5-8(14(18)19)12-11(9)13(17)7-3-1-2-4-10(7)16-12/h1-6H,(H,16,17)(H,18,19). The van der Waals surface area contributed by atoms with Gasteiger partial charge in [0.25, 0.3) is 0 Å². The Morgan fingerprint density at radius 3 is 2.63 bits per heavy atom. The van der Waals surface area contributed by atoms with Crippen LogP contribution in [0.1, 0.15) is 10.4 Å². The van der Waals surface area contributed by atoms with E-state index in [1.165, 1.54) is 12.1 Å². The van der Waals surface area contributed by atoms with Gasteiger partial charge in [0.2, 0.25) is 0 Å². The Bertz CT molecular complexity index is 883. The molecule has 94 valence electrons. The fourth-order valence-electron chi connectivity index (χ4n) is 2.17. The third-order valence-electron chi connectivity index (χ3n) is 3.04. The number of carbonyl (C=O) groups is 1. The van der Waals surface area contributed by atoms with Crippen molar-refractivity contribution in [2.24, 2.45) is 0 Å². The van der Waals surface area contributed by atoms with Crippen LogP contribution in [0.15, 0.2) is 41.2 Å². The number of para-hydroxylation sites is 1. The van der Waals surface area contributed by atoms with Gasteiger partial charge in [0.15, 0.2) is 5.43 Å². The first-order valence-corrected chi connectivity index (χ1v) is 5.94. The highest BCUT2D eigenvalue weighted by atomic mass is 35.5. The second kappa shape index (κ2) is 4.10. The number of halogens is 1. The zero-order valence-corrected chi connectivity index (χ0v) is 10.4. The van der Waals surface area contributed by atoms with Crippen LogP contribution in [-0.4, -0.2) is 16.1 Å². The molecule has 19 heavy (non-hydrogen) atoms. The Kier molecular flexibility index (Phi) is 2.54. The van der Waals surface area contributed by atoms with E-state index in [1.807, 2.05) is 0 Å². The van der Waals surface area contributed by atoms with Crippen LogP contribution in [0.2, 0.25) is 5.02 Å². The van der Waals surface area contributed by atoms with Crippen LogP contribution in [0.3, 0.4) is 0 Å². The van der Waals surface area contributed by atoms with Crippen molar-refractivity contribution in [2.45, 2.75) is 0 Å². The summed E-state index contributed by atoms with van der Waals surface area (Å²) in [6.07, 6.45) is 0. The lowest BCUT2D eigenvalue weighted by atomic mass is 10.1. The summed E-state index contributed by atoms with van der Waals surface area (Å²) in [4.78, 5) is 26.6. The van der Waals surface area contributed by atoms with E-state index >= 15 is 0 Å². The lowest BCUT2D eigenvalue weighted by Gasteiger charge is -2.06. The number of rotatable bonds is 1. The number of carboxylic acids is 1. The van der Waals surface area contributed by atoms with E-state index in [4.69, 9.17) is 11.6 Å². The van der Waals surface area contributed by atoms with E-state index in [0.29, 0.717) is 10.9 Å². The molecule has 0 fully saturated rings. The van der Waals surface area contributed by atoms with Gasteiger partial charge in [-0.05, 0) is 24.3 Å². The predicted molar refractivity (Wildman–Crippen MR) is 74.0 cm³/mol. The van der Waals surface area contributed by atoms with Crippen LogP contribution in [0.25, 0.3) is 21.8 Å². The van der Waals surface area contributed by atoms with Crippen LogP contribution in [0, 0.1) is 0 Å². The zero-order valence-electron chi connectivity index (χ0n) is 9.61. The summed E-state index contributed by atoms with van der Waals surface area (Å²) in [5.74, 6) is -1.10. The third-order valence-corrected chi connectivity index (χ3v) is 3.36. The molecule has 3 aromatic rings. The van der Waals surface area contributed by atoms with Crippen molar-refractivity contribution in [3.63, 3.8) is 0 Å². The Morgan fingerprint density at radius 2 is 1.89 bits per heavy atom. The van der Waals surface area contributed by atoms with Gasteiger partial charge in [-0.1, -0.05) is 23.7 Å². The molecule has 1 aromatic heterocycles. The summed E-state index contributed by atoms with van der Waals surface area (Å²) in [5, 5.41) is 10.1. The Morgan fingerprint density at radius 1 is 1.16 bits per heavy atom. The number of aromatic amines is 1. The predicted octanol–water partition coefficient (Wildman–Crippen LogP) is 3.03. The summed E-state index contributed by atoms with van der Waals surface area (Å²) < 4.78 is 0. The number of aromatic carboxylic acids is 1. The maximum Gasteiger partial charge on any atom is 0.337 e. The smallest absolute Gasteiger partial charge is 0.337 e. The largest absolute Gasteiger partial charge is 0.478 e. The molecule has 0 amide bonds.